The molecule has 0 aliphatic rings. The van der Waals surface area contributed by atoms with Gasteiger partial charge in [0.15, 0.2) is 0 Å². The van der Waals surface area contributed by atoms with Gasteiger partial charge in [-0.15, -0.1) is 0 Å². The third-order valence-electron chi connectivity index (χ3n) is 2.00. The predicted octanol–water partition coefficient (Wildman–Crippen LogP) is 2.43. The first-order chi connectivity index (χ1) is 8.15. The minimum atomic E-state index is -0.459. The third-order valence-corrected chi connectivity index (χ3v) is 2.29. The Bertz CT molecular complexity index is 519. The molecule has 88 valence electrons. The largest absolute Gasteiger partial charge is 0.459 e. The first-order valence-corrected chi connectivity index (χ1v) is 5.17. The van der Waals surface area contributed by atoms with Crippen LogP contribution in [0.25, 0.3) is 0 Å². The quantitative estimate of drug-likeness (QED) is 0.913. The molecule has 0 bridgehead atoms. The number of benzene rings is 1. The lowest BCUT2D eigenvalue weighted by Crippen LogP contribution is -2.00. The minimum Gasteiger partial charge on any atom is -0.459 e. The number of nitrogen functional groups attached to an aromatic ring is 1. The Labute approximate surface area is 102 Å². The number of ether oxygens (including phenoxy) is 1. The summed E-state index contributed by atoms with van der Waals surface area (Å²) in [6.45, 7) is 0.212. The van der Waals surface area contributed by atoms with Crippen molar-refractivity contribution >= 4 is 17.3 Å². The van der Waals surface area contributed by atoms with Gasteiger partial charge in [-0.1, -0.05) is 17.7 Å². The van der Waals surface area contributed by atoms with E-state index < -0.39 is 5.82 Å². The van der Waals surface area contributed by atoms with Crippen molar-refractivity contribution in [2.24, 2.45) is 0 Å². The summed E-state index contributed by atoms with van der Waals surface area (Å²) in [6.07, 6.45) is 2.89. The molecular weight excluding hydrogens is 245 g/mol. The molecular formula is C11H9ClFN3O. The van der Waals surface area contributed by atoms with Gasteiger partial charge >= 0.3 is 6.01 Å². The molecule has 0 spiro atoms. The summed E-state index contributed by atoms with van der Waals surface area (Å²) in [7, 11) is 0. The van der Waals surface area contributed by atoms with Gasteiger partial charge in [-0.2, -0.15) is 0 Å². The molecule has 0 unspecified atom stereocenters. The van der Waals surface area contributed by atoms with Crippen molar-refractivity contribution in [3.05, 3.63) is 47.0 Å². The first kappa shape index (κ1) is 11.6. The van der Waals surface area contributed by atoms with Crippen molar-refractivity contribution in [1.82, 2.24) is 9.97 Å². The molecule has 0 aliphatic carbocycles. The summed E-state index contributed by atoms with van der Waals surface area (Å²) < 4.78 is 18.2. The van der Waals surface area contributed by atoms with Crippen molar-refractivity contribution in [2.75, 3.05) is 5.73 Å². The Morgan fingerprint density at radius 1 is 1.29 bits per heavy atom. The van der Waals surface area contributed by atoms with Crippen molar-refractivity contribution in [3.63, 3.8) is 0 Å². The number of hydrogen-bond donors (Lipinski definition) is 1. The topological polar surface area (TPSA) is 61.0 Å². The van der Waals surface area contributed by atoms with E-state index in [1.54, 1.807) is 6.07 Å². The number of halogens is 2. The van der Waals surface area contributed by atoms with Crippen LogP contribution < -0.4 is 10.5 Å². The van der Waals surface area contributed by atoms with Crippen LogP contribution >= 0.6 is 11.6 Å². The van der Waals surface area contributed by atoms with Gasteiger partial charge in [0.05, 0.1) is 23.1 Å². The van der Waals surface area contributed by atoms with E-state index in [9.17, 15) is 4.39 Å². The Hall–Kier alpha value is -1.88. The lowest BCUT2D eigenvalue weighted by Gasteiger charge is -2.05. The van der Waals surface area contributed by atoms with Crippen LogP contribution in [0.1, 0.15) is 5.56 Å². The van der Waals surface area contributed by atoms with E-state index in [-0.39, 0.29) is 17.6 Å². The average molecular weight is 254 g/mol. The zero-order valence-electron chi connectivity index (χ0n) is 8.73. The summed E-state index contributed by atoms with van der Waals surface area (Å²) in [5.41, 5.74) is 6.62. The highest BCUT2D eigenvalue weighted by Crippen LogP contribution is 2.17. The van der Waals surface area contributed by atoms with Crippen LogP contribution in [0.15, 0.2) is 30.6 Å². The Kier molecular flexibility index (Phi) is 3.39. The van der Waals surface area contributed by atoms with E-state index in [4.69, 9.17) is 22.1 Å². The number of rotatable bonds is 3. The third kappa shape index (κ3) is 3.04. The second-order valence-corrected chi connectivity index (χ2v) is 3.74. The normalized spacial score (nSPS) is 10.2. The molecule has 0 saturated heterocycles. The van der Waals surface area contributed by atoms with Crippen molar-refractivity contribution < 1.29 is 9.13 Å². The second kappa shape index (κ2) is 4.97. The smallest absolute Gasteiger partial charge is 0.316 e. The number of aromatic nitrogens is 2. The molecule has 2 aromatic rings. The fourth-order valence-electron chi connectivity index (χ4n) is 1.18. The maximum Gasteiger partial charge on any atom is 0.316 e. The van der Waals surface area contributed by atoms with Crippen LogP contribution in [0.2, 0.25) is 5.02 Å². The lowest BCUT2D eigenvalue weighted by atomic mass is 10.2. The monoisotopic (exact) mass is 253 g/mol. The van der Waals surface area contributed by atoms with Gasteiger partial charge in [0.25, 0.3) is 0 Å². The molecule has 6 heteroatoms. The lowest BCUT2D eigenvalue weighted by molar-refractivity contribution is 0.280. The second-order valence-electron chi connectivity index (χ2n) is 3.34. The van der Waals surface area contributed by atoms with E-state index in [2.05, 4.69) is 9.97 Å². The summed E-state index contributed by atoms with van der Waals surface area (Å²) in [4.78, 5) is 7.74. The first-order valence-electron chi connectivity index (χ1n) is 4.79. The van der Waals surface area contributed by atoms with Crippen LogP contribution in [0.3, 0.4) is 0 Å². The van der Waals surface area contributed by atoms with E-state index in [0.29, 0.717) is 5.69 Å². The molecule has 0 aliphatic heterocycles. The van der Waals surface area contributed by atoms with Crippen molar-refractivity contribution in [1.29, 1.82) is 0 Å². The number of nitrogens with two attached hydrogens (primary N) is 1. The number of hydrogen-bond acceptors (Lipinski definition) is 4. The van der Waals surface area contributed by atoms with Crippen LogP contribution in [0, 0.1) is 5.82 Å². The Morgan fingerprint density at radius 2 is 2.00 bits per heavy atom. The predicted molar refractivity (Wildman–Crippen MR) is 62.2 cm³/mol. The van der Waals surface area contributed by atoms with Gasteiger partial charge in [0, 0.05) is 0 Å². The van der Waals surface area contributed by atoms with Crippen molar-refractivity contribution in [2.45, 2.75) is 6.61 Å². The molecule has 1 heterocycles. The maximum atomic E-state index is 12.9. The minimum absolute atomic E-state index is 0.0596. The molecule has 0 saturated carbocycles. The van der Waals surface area contributed by atoms with E-state index in [1.165, 1.54) is 24.5 Å². The molecule has 1 aromatic carbocycles. The highest BCUT2D eigenvalue weighted by molar-refractivity contribution is 6.30. The highest BCUT2D eigenvalue weighted by Gasteiger charge is 2.02. The standard InChI is InChI=1S/C11H9ClFN3O/c12-9-3-7(1-2-10(9)13)6-17-11-15-4-8(14)5-16-11/h1-5H,6,14H2. The molecule has 17 heavy (non-hydrogen) atoms. The Balaban J connectivity index is 2.02. The van der Waals surface area contributed by atoms with Gasteiger partial charge in [-0.25, -0.2) is 14.4 Å². The molecule has 0 amide bonds. The zero-order chi connectivity index (χ0) is 12.3. The van der Waals surface area contributed by atoms with Crippen molar-refractivity contribution in [3.8, 4) is 6.01 Å². The van der Waals surface area contributed by atoms with E-state index in [1.807, 2.05) is 0 Å². The molecule has 0 atom stereocenters. The fraction of sp³-hybridized carbons (Fsp3) is 0.0909. The zero-order valence-corrected chi connectivity index (χ0v) is 9.49. The summed E-state index contributed by atoms with van der Waals surface area (Å²) in [5, 5.41) is 0.0596. The Morgan fingerprint density at radius 3 is 2.65 bits per heavy atom. The SMILES string of the molecule is Nc1cnc(OCc2ccc(F)c(Cl)c2)nc1. The van der Waals surface area contributed by atoms with E-state index in [0.717, 1.165) is 5.56 Å². The van der Waals surface area contributed by atoms with Gasteiger partial charge in [-0.05, 0) is 17.7 Å². The number of nitrogens with zero attached hydrogens (tertiary/aromatic N) is 2. The fourth-order valence-corrected chi connectivity index (χ4v) is 1.38. The van der Waals surface area contributed by atoms with Gasteiger partial charge in [0.2, 0.25) is 0 Å². The van der Waals surface area contributed by atoms with Crippen LogP contribution in [0.4, 0.5) is 10.1 Å². The highest BCUT2D eigenvalue weighted by atomic mass is 35.5. The molecule has 2 N–H and O–H groups in total. The van der Waals surface area contributed by atoms with Gasteiger partial charge < -0.3 is 10.5 Å². The molecule has 0 fully saturated rings. The van der Waals surface area contributed by atoms with Gasteiger partial charge in [-0.3, -0.25) is 0 Å². The molecule has 0 radical (unpaired) electrons. The van der Waals surface area contributed by atoms with Crippen LogP contribution in [0.5, 0.6) is 6.01 Å². The molecule has 4 nitrogen and oxygen atoms in total. The average Bonchev–Trinajstić information content (AvgIpc) is 2.33. The maximum absolute atomic E-state index is 12.9. The molecule has 2 rings (SSSR count). The summed E-state index contributed by atoms with van der Waals surface area (Å²) >= 11 is 5.64. The van der Waals surface area contributed by atoms with Crippen LogP contribution in [-0.2, 0) is 6.61 Å². The van der Waals surface area contributed by atoms with Crippen LogP contribution in [-0.4, -0.2) is 9.97 Å². The molecule has 1 aromatic heterocycles. The number of anilines is 1. The van der Waals surface area contributed by atoms with Gasteiger partial charge in [0.1, 0.15) is 12.4 Å². The van der Waals surface area contributed by atoms with E-state index >= 15 is 0 Å². The summed E-state index contributed by atoms with van der Waals surface area (Å²) in [6, 6.07) is 4.57. The summed E-state index contributed by atoms with van der Waals surface area (Å²) in [5.74, 6) is -0.459.